The molecule has 1 aliphatic carbocycles. The van der Waals surface area contributed by atoms with Crippen LogP contribution in [0, 0.1) is 18.8 Å². The molecule has 29 heavy (non-hydrogen) atoms. The van der Waals surface area contributed by atoms with Crippen molar-refractivity contribution in [2.75, 3.05) is 18.1 Å². The maximum atomic E-state index is 12.6. The van der Waals surface area contributed by atoms with Gasteiger partial charge in [0.15, 0.2) is 9.84 Å². The van der Waals surface area contributed by atoms with Crippen molar-refractivity contribution in [3.63, 3.8) is 0 Å². The molecule has 0 bridgehead atoms. The molecule has 1 saturated carbocycles. The molecule has 1 saturated heterocycles. The summed E-state index contributed by atoms with van der Waals surface area (Å²) in [6, 6.07) is 6.74. The average Bonchev–Trinajstić information content (AvgIpc) is 2.93. The van der Waals surface area contributed by atoms with Gasteiger partial charge in [-0.05, 0) is 64.0 Å². The number of carbonyl (C=O) groups is 1. The molecule has 0 radical (unpaired) electrons. The molecule has 0 spiro atoms. The fourth-order valence-corrected chi connectivity index (χ4v) is 7.37. The molecule has 2 fully saturated rings. The van der Waals surface area contributed by atoms with E-state index in [2.05, 4.69) is 10.0 Å². The lowest BCUT2D eigenvalue weighted by Crippen LogP contribution is -2.49. The molecular weight excluding hydrogens is 412 g/mol. The van der Waals surface area contributed by atoms with E-state index in [-0.39, 0.29) is 34.1 Å². The van der Waals surface area contributed by atoms with Crippen LogP contribution in [0.1, 0.15) is 44.6 Å². The Hall–Kier alpha value is -1.45. The molecule has 1 heterocycles. The minimum Gasteiger partial charge on any atom is -0.350 e. The van der Waals surface area contributed by atoms with Crippen LogP contribution in [-0.2, 0) is 24.7 Å². The number of hydrogen-bond donors (Lipinski definition) is 2. The molecule has 2 aliphatic rings. The molecule has 1 aromatic carbocycles. The zero-order chi connectivity index (χ0) is 21.3. The van der Waals surface area contributed by atoms with Crippen molar-refractivity contribution >= 4 is 25.8 Å². The van der Waals surface area contributed by atoms with Crippen LogP contribution in [0.4, 0.5) is 0 Å². The van der Waals surface area contributed by atoms with Gasteiger partial charge in [-0.15, -0.1) is 0 Å². The summed E-state index contributed by atoms with van der Waals surface area (Å²) in [5, 5.41) is 2.95. The summed E-state index contributed by atoms with van der Waals surface area (Å²) in [7, 11) is -6.59. The number of aryl methyl sites for hydroxylation is 1. The third kappa shape index (κ3) is 5.79. The summed E-state index contributed by atoms with van der Waals surface area (Å²) in [5.41, 5.74) is 0.334. The number of sulfone groups is 1. The standard InChI is InChI=1S/C20H30N2O5S2/c1-15-3-9-18(10-4-15)29(26,27)21-13-16-5-7-17(8-6-16)19(23)22-20(2)11-12-28(24,25)14-20/h3-4,9-10,16-17,21H,5-8,11-14H2,1-2H3,(H,22,23)/t16?,17?,20-/m0/s1. The molecule has 9 heteroatoms. The minimum atomic E-state index is -3.53. The van der Waals surface area contributed by atoms with Crippen molar-refractivity contribution < 1.29 is 21.6 Å². The van der Waals surface area contributed by atoms with E-state index in [1.54, 1.807) is 31.2 Å². The van der Waals surface area contributed by atoms with Crippen LogP contribution in [0.15, 0.2) is 29.2 Å². The van der Waals surface area contributed by atoms with Gasteiger partial charge in [0.2, 0.25) is 15.9 Å². The first-order chi connectivity index (χ1) is 13.5. The van der Waals surface area contributed by atoms with Gasteiger partial charge < -0.3 is 5.32 Å². The summed E-state index contributed by atoms with van der Waals surface area (Å²) in [5.74, 6) is 0.101. The first-order valence-electron chi connectivity index (χ1n) is 10.1. The molecule has 0 unspecified atom stereocenters. The van der Waals surface area contributed by atoms with Gasteiger partial charge in [-0.25, -0.2) is 21.6 Å². The Bertz CT molecular complexity index is 949. The van der Waals surface area contributed by atoms with Crippen molar-refractivity contribution in [2.45, 2.75) is 56.4 Å². The number of amides is 1. The van der Waals surface area contributed by atoms with Crippen LogP contribution in [-0.4, -0.2) is 46.3 Å². The number of sulfonamides is 1. The second kappa shape index (κ2) is 8.35. The van der Waals surface area contributed by atoms with Gasteiger partial charge in [0, 0.05) is 12.5 Å². The number of rotatable bonds is 6. The van der Waals surface area contributed by atoms with Crippen LogP contribution in [0.2, 0.25) is 0 Å². The zero-order valence-corrected chi connectivity index (χ0v) is 18.6. The Morgan fingerprint density at radius 3 is 2.31 bits per heavy atom. The van der Waals surface area contributed by atoms with Crippen LogP contribution in [0.3, 0.4) is 0 Å². The third-order valence-electron chi connectivity index (χ3n) is 6.04. The smallest absolute Gasteiger partial charge is 0.240 e. The zero-order valence-electron chi connectivity index (χ0n) is 17.0. The molecule has 1 atom stereocenters. The molecule has 2 N–H and O–H groups in total. The Morgan fingerprint density at radius 1 is 1.14 bits per heavy atom. The lowest BCUT2D eigenvalue weighted by Gasteiger charge is -2.31. The lowest BCUT2D eigenvalue weighted by molar-refractivity contribution is -0.127. The predicted octanol–water partition coefficient (Wildman–Crippen LogP) is 1.77. The molecule has 162 valence electrons. The highest BCUT2D eigenvalue weighted by atomic mass is 32.2. The molecular formula is C20H30N2O5S2. The van der Waals surface area contributed by atoms with E-state index in [0.29, 0.717) is 25.8 Å². The van der Waals surface area contributed by atoms with Crippen molar-refractivity contribution in [1.29, 1.82) is 0 Å². The molecule has 1 amide bonds. The number of hydrogen-bond acceptors (Lipinski definition) is 5. The highest BCUT2D eigenvalue weighted by Gasteiger charge is 2.40. The van der Waals surface area contributed by atoms with Crippen LogP contribution in [0.5, 0.6) is 0 Å². The first kappa shape index (κ1) is 22.2. The number of nitrogens with one attached hydrogen (secondary N) is 2. The van der Waals surface area contributed by atoms with Gasteiger partial charge >= 0.3 is 0 Å². The van der Waals surface area contributed by atoms with Crippen LogP contribution >= 0.6 is 0 Å². The summed E-state index contributed by atoms with van der Waals surface area (Å²) in [6.07, 6.45) is 3.36. The van der Waals surface area contributed by atoms with Crippen molar-refractivity contribution in [1.82, 2.24) is 10.0 Å². The maximum Gasteiger partial charge on any atom is 0.240 e. The SMILES string of the molecule is Cc1ccc(S(=O)(=O)NCC2CCC(C(=O)N[C@@]3(C)CCS(=O)(=O)C3)CC2)cc1. The largest absolute Gasteiger partial charge is 0.350 e. The molecule has 0 aromatic heterocycles. The van der Waals surface area contributed by atoms with Crippen molar-refractivity contribution in [2.24, 2.45) is 11.8 Å². The highest BCUT2D eigenvalue weighted by Crippen LogP contribution is 2.30. The minimum absolute atomic E-state index is 0.00186. The van der Waals surface area contributed by atoms with Gasteiger partial charge in [0.25, 0.3) is 0 Å². The predicted molar refractivity (Wildman–Crippen MR) is 112 cm³/mol. The second-order valence-electron chi connectivity index (χ2n) is 8.77. The molecule has 3 rings (SSSR count). The Kier molecular flexibility index (Phi) is 6.41. The summed E-state index contributed by atoms with van der Waals surface area (Å²) < 4.78 is 50.9. The van der Waals surface area contributed by atoms with E-state index in [4.69, 9.17) is 0 Å². The fourth-order valence-electron chi connectivity index (χ4n) is 4.17. The monoisotopic (exact) mass is 442 g/mol. The highest BCUT2D eigenvalue weighted by molar-refractivity contribution is 7.91. The Morgan fingerprint density at radius 2 is 1.76 bits per heavy atom. The van der Waals surface area contributed by atoms with Gasteiger partial charge in [-0.2, -0.15) is 0 Å². The number of benzene rings is 1. The molecule has 1 aromatic rings. The maximum absolute atomic E-state index is 12.6. The van der Waals surface area contributed by atoms with Gasteiger partial charge in [-0.1, -0.05) is 17.7 Å². The van der Waals surface area contributed by atoms with Gasteiger partial charge in [0.05, 0.1) is 21.9 Å². The van der Waals surface area contributed by atoms with Gasteiger partial charge in [-0.3, -0.25) is 4.79 Å². The molecule has 7 nitrogen and oxygen atoms in total. The summed E-state index contributed by atoms with van der Waals surface area (Å²) >= 11 is 0. The van der Waals surface area contributed by atoms with E-state index in [1.165, 1.54) is 0 Å². The van der Waals surface area contributed by atoms with Crippen LogP contribution < -0.4 is 10.0 Å². The second-order valence-corrected chi connectivity index (χ2v) is 12.7. The van der Waals surface area contributed by atoms with E-state index in [9.17, 15) is 21.6 Å². The molecule has 1 aliphatic heterocycles. The summed E-state index contributed by atoms with van der Waals surface area (Å²) in [6.45, 7) is 4.06. The Balaban J connectivity index is 1.47. The normalized spacial score (nSPS) is 29.4. The van der Waals surface area contributed by atoms with Gasteiger partial charge in [0.1, 0.15) is 0 Å². The number of carbonyl (C=O) groups excluding carboxylic acids is 1. The van der Waals surface area contributed by atoms with E-state index in [0.717, 1.165) is 18.4 Å². The first-order valence-corrected chi connectivity index (χ1v) is 13.4. The fraction of sp³-hybridized carbons (Fsp3) is 0.650. The summed E-state index contributed by atoms with van der Waals surface area (Å²) in [4.78, 5) is 12.8. The quantitative estimate of drug-likeness (QED) is 0.698. The average molecular weight is 443 g/mol. The Labute approximate surface area is 173 Å². The third-order valence-corrected chi connectivity index (χ3v) is 9.38. The lowest BCUT2D eigenvalue weighted by atomic mass is 9.81. The van der Waals surface area contributed by atoms with Crippen LogP contribution in [0.25, 0.3) is 0 Å². The topological polar surface area (TPSA) is 109 Å². The van der Waals surface area contributed by atoms with E-state index in [1.807, 2.05) is 6.92 Å². The van der Waals surface area contributed by atoms with E-state index >= 15 is 0 Å². The van der Waals surface area contributed by atoms with Crippen molar-refractivity contribution in [3.8, 4) is 0 Å². The van der Waals surface area contributed by atoms with Crippen molar-refractivity contribution in [3.05, 3.63) is 29.8 Å². The van der Waals surface area contributed by atoms with E-state index < -0.39 is 25.4 Å².